The molecule has 1 unspecified atom stereocenters. The van der Waals surface area contributed by atoms with Crippen LogP contribution < -0.4 is 0 Å². The molecule has 0 N–H and O–H groups in total. The van der Waals surface area contributed by atoms with E-state index in [1.165, 1.54) is 44.5 Å². The standard InChI is InChI=1S/C28H24BrNSi/c1-17-15-23-24(16-25-22(26(23)29)13-8-14-30-25)27(17)31(2,3)28-20-11-6-4-9-18(20)19-10-5-7-12-21(19)28/h4-16,26,28H,1-3H3. The van der Waals surface area contributed by atoms with Crippen LogP contribution in [0.1, 0.15) is 39.7 Å². The first-order chi connectivity index (χ1) is 15.0. The molecule has 1 nitrogen and oxygen atoms in total. The Morgan fingerprint density at radius 1 is 0.806 bits per heavy atom. The molecular formula is C28H24BrNSi. The third-order valence-electron chi connectivity index (χ3n) is 7.24. The van der Waals surface area contributed by atoms with Gasteiger partial charge in [-0.15, -0.1) is 0 Å². The van der Waals surface area contributed by atoms with Crippen LogP contribution in [0.15, 0.2) is 94.9 Å². The monoisotopic (exact) mass is 481 g/mol. The highest BCUT2D eigenvalue weighted by Gasteiger charge is 2.47. The summed E-state index contributed by atoms with van der Waals surface area (Å²) in [6.07, 6.45) is 6.66. The Hall–Kier alpha value is -2.49. The van der Waals surface area contributed by atoms with Crippen molar-refractivity contribution in [3.63, 3.8) is 0 Å². The fraction of sp³-hybridized carbons (Fsp3) is 0.179. The first-order valence-corrected chi connectivity index (χ1v) is 14.9. The number of nitrogens with zero attached hydrogens (tertiary/aromatic N) is 1. The molecule has 1 atom stereocenters. The Balaban J connectivity index is 1.54. The predicted octanol–water partition coefficient (Wildman–Crippen LogP) is 7.77. The lowest BCUT2D eigenvalue weighted by atomic mass is 9.92. The summed E-state index contributed by atoms with van der Waals surface area (Å²) in [5.41, 5.74) is 12.9. The van der Waals surface area contributed by atoms with Crippen LogP contribution in [-0.4, -0.2) is 13.1 Å². The van der Waals surface area contributed by atoms with Gasteiger partial charge < -0.3 is 0 Å². The smallest absolute Gasteiger partial charge is 0.0939 e. The largest absolute Gasteiger partial charge is 0.257 e. The van der Waals surface area contributed by atoms with Crippen LogP contribution in [0.25, 0.3) is 17.2 Å². The molecule has 0 saturated heterocycles. The summed E-state index contributed by atoms with van der Waals surface area (Å²) in [6.45, 7) is 7.43. The van der Waals surface area contributed by atoms with Crippen molar-refractivity contribution in [2.75, 3.05) is 0 Å². The zero-order valence-corrected chi connectivity index (χ0v) is 20.6. The van der Waals surface area contributed by atoms with Crippen molar-refractivity contribution in [2.24, 2.45) is 0 Å². The van der Waals surface area contributed by atoms with Crippen LogP contribution >= 0.6 is 15.9 Å². The maximum atomic E-state index is 4.70. The summed E-state index contributed by atoms with van der Waals surface area (Å²) in [6, 6.07) is 22.3. The van der Waals surface area contributed by atoms with Gasteiger partial charge in [0.15, 0.2) is 0 Å². The van der Waals surface area contributed by atoms with E-state index < -0.39 is 8.07 Å². The number of benzene rings is 2. The normalized spacial score (nSPS) is 19.4. The second-order valence-corrected chi connectivity index (χ2v) is 14.8. The van der Waals surface area contributed by atoms with E-state index in [9.17, 15) is 0 Å². The topological polar surface area (TPSA) is 12.9 Å². The molecule has 0 saturated carbocycles. The number of fused-ring (bicyclic) bond motifs is 5. The SMILES string of the molecule is CC1=C([Si](C)(C)C2c3ccccc3-c3ccccc32)C2=Cc3ncccc3C(Br)C2=C1. The summed E-state index contributed by atoms with van der Waals surface area (Å²) >= 11 is 3.99. The molecule has 3 aliphatic rings. The summed E-state index contributed by atoms with van der Waals surface area (Å²) < 4.78 is 0. The Bertz CT molecular complexity index is 1300. The van der Waals surface area contributed by atoms with Crippen molar-refractivity contribution in [1.29, 1.82) is 0 Å². The van der Waals surface area contributed by atoms with Crippen LogP contribution in [-0.2, 0) is 0 Å². The van der Waals surface area contributed by atoms with Crippen LogP contribution in [0.4, 0.5) is 0 Å². The fourth-order valence-electron chi connectivity index (χ4n) is 6.11. The van der Waals surface area contributed by atoms with E-state index in [0.29, 0.717) is 5.54 Å². The number of aromatic nitrogens is 1. The maximum Gasteiger partial charge on any atom is 0.0939 e. The van der Waals surface area contributed by atoms with E-state index in [1.54, 1.807) is 5.20 Å². The van der Waals surface area contributed by atoms with E-state index in [-0.39, 0.29) is 4.83 Å². The number of rotatable bonds is 2. The third kappa shape index (κ3) is 2.63. The molecule has 1 aromatic heterocycles. The average Bonchev–Trinajstić information content (AvgIpc) is 3.29. The zero-order valence-electron chi connectivity index (χ0n) is 18.0. The molecule has 2 aromatic carbocycles. The lowest BCUT2D eigenvalue weighted by Gasteiger charge is -2.36. The van der Waals surface area contributed by atoms with Gasteiger partial charge in [0.2, 0.25) is 0 Å². The van der Waals surface area contributed by atoms with Gasteiger partial charge in [-0.2, -0.15) is 0 Å². The molecular weight excluding hydrogens is 458 g/mol. The quantitative estimate of drug-likeness (QED) is 0.269. The molecule has 3 heteroatoms. The summed E-state index contributed by atoms with van der Waals surface area (Å²) in [4.78, 5) is 4.91. The number of halogens is 1. The Morgan fingerprint density at radius 3 is 2.10 bits per heavy atom. The van der Waals surface area contributed by atoms with E-state index in [0.717, 1.165) is 5.69 Å². The first kappa shape index (κ1) is 19.2. The van der Waals surface area contributed by atoms with Gasteiger partial charge in [0.05, 0.1) is 18.6 Å². The van der Waals surface area contributed by atoms with Crippen molar-refractivity contribution in [1.82, 2.24) is 4.98 Å². The minimum atomic E-state index is -1.95. The average molecular weight is 482 g/mol. The van der Waals surface area contributed by atoms with Gasteiger partial charge in [0.1, 0.15) is 0 Å². The van der Waals surface area contributed by atoms with Crippen molar-refractivity contribution < 1.29 is 0 Å². The Labute approximate surface area is 193 Å². The molecule has 3 aromatic rings. The van der Waals surface area contributed by atoms with Crippen molar-refractivity contribution in [2.45, 2.75) is 30.4 Å². The number of pyridine rings is 1. The third-order valence-corrected chi connectivity index (χ3v) is 12.2. The molecule has 3 aliphatic carbocycles. The van der Waals surface area contributed by atoms with E-state index in [2.05, 4.69) is 103 Å². The second-order valence-electron chi connectivity index (χ2n) is 9.39. The summed E-state index contributed by atoms with van der Waals surface area (Å²) in [7, 11) is -1.95. The summed E-state index contributed by atoms with van der Waals surface area (Å²) in [5.74, 6) is 0. The molecule has 0 aliphatic heterocycles. The van der Waals surface area contributed by atoms with E-state index >= 15 is 0 Å². The molecule has 0 radical (unpaired) electrons. The minimum absolute atomic E-state index is 0.205. The molecule has 0 amide bonds. The number of alkyl halides is 1. The van der Waals surface area contributed by atoms with E-state index in [4.69, 9.17) is 4.98 Å². The molecule has 152 valence electrons. The molecule has 0 fully saturated rings. The van der Waals surface area contributed by atoms with Gasteiger partial charge in [-0.05, 0) is 63.2 Å². The Kier molecular flexibility index (Phi) is 4.18. The van der Waals surface area contributed by atoms with Gasteiger partial charge in [0.25, 0.3) is 0 Å². The maximum absolute atomic E-state index is 4.70. The Morgan fingerprint density at radius 2 is 1.42 bits per heavy atom. The zero-order chi connectivity index (χ0) is 21.3. The molecule has 1 heterocycles. The lowest BCUT2D eigenvalue weighted by molar-refractivity contribution is 1.08. The van der Waals surface area contributed by atoms with Crippen molar-refractivity contribution in [3.05, 3.63) is 117 Å². The van der Waals surface area contributed by atoms with Gasteiger partial charge in [0, 0.05) is 11.7 Å². The molecule has 31 heavy (non-hydrogen) atoms. The predicted molar refractivity (Wildman–Crippen MR) is 136 cm³/mol. The fourth-order valence-corrected chi connectivity index (χ4v) is 11.2. The summed E-state index contributed by atoms with van der Waals surface area (Å²) in [5, 5.41) is 1.58. The minimum Gasteiger partial charge on any atom is -0.257 e. The van der Waals surface area contributed by atoms with Crippen LogP contribution in [0.3, 0.4) is 0 Å². The first-order valence-electron chi connectivity index (χ1n) is 10.9. The number of hydrogen-bond acceptors (Lipinski definition) is 1. The molecule has 6 rings (SSSR count). The number of hydrogen-bond donors (Lipinski definition) is 0. The number of allylic oxidation sites excluding steroid dienone is 5. The van der Waals surface area contributed by atoms with Crippen LogP contribution in [0, 0.1) is 0 Å². The molecule has 0 bridgehead atoms. The highest BCUT2D eigenvalue weighted by Crippen LogP contribution is 2.56. The van der Waals surface area contributed by atoms with Crippen LogP contribution in [0.5, 0.6) is 0 Å². The molecule has 0 spiro atoms. The highest BCUT2D eigenvalue weighted by molar-refractivity contribution is 9.09. The van der Waals surface area contributed by atoms with Gasteiger partial charge in [-0.25, -0.2) is 0 Å². The van der Waals surface area contributed by atoms with E-state index in [1.807, 2.05) is 12.3 Å². The van der Waals surface area contributed by atoms with Crippen molar-refractivity contribution in [3.8, 4) is 11.1 Å². The van der Waals surface area contributed by atoms with Gasteiger partial charge >= 0.3 is 0 Å². The van der Waals surface area contributed by atoms with Crippen molar-refractivity contribution >= 4 is 30.1 Å². The van der Waals surface area contributed by atoms with Gasteiger partial charge in [-0.1, -0.05) is 95.3 Å². The van der Waals surface area contributed by atoms with Crippen LogP contribution in [0.2, 0.25) is 13.1 Å². The lowest BCUT2D eigenvalue weighted by Crippen LogP contribution is -2.39. The second kappa shape index (κ2) is 6.75. The van der Waals surface area contributed by atoms with Gasteiger partial charge in [-0.3, -0.25) is 4.98 Å². The highest BCUT2D eigenvalue weighted by atomic mass is 79.9.